The molecular formula is C15H18F3N3O2. The molecule has 0 spiro atoms. The van der Waals surface area contributed by atoms with Crippen LogP contribution in [-0.2, 0) is 16.5 Å². The number of imide groups is 1. The van der Waals surface area contributed by atoms with Crippen molar-refractivity contribution in [2.45, 2.75) is 31.0 Å². The predicted molar refractivity (Wildman–Crippen MR) is 77.6 cm³/mol. The molecule has 0 bridgehead atoms. The van der Waals surface area contributed by atoms with Gasteiger partial charge < -0.3 is 5.32 Å². The molecule has 1 aliphatic rings. The van der Waals surface area contributed by atoms with Crippen LogP contribution < -0.4 is 16.0 Å². The van der Waals surface area contributed by atoms with Gasteiger partial charge in [-0.25, -0.2) is 4.79 Å². The van der Waals surface area contributed by atoms with Gasteiger partial charge in [0.2, 0.25) is 5.91 Å². The molecule has 8 heteroatoms. The molecule has 2 rings (SSSR count). The van der Waals surface area contributed by atoms with Crippen LogP contribution in [0.4, 0.5) is 18.0 Å². The third-order valence-corrected chi connectivity index (χ3v) is 4.02. The fourth-order valence-electron chi connectivity index (χ4n) is 2.57. The van der Waals surface area contributed by atoms with Crippen molar-refractivity contribution in [1.82, 2.24) is 16.0 Å². The van der Waals surface area contributed by atoms with Crippen molar-refractivity contribution in [3.63, 3.8) is 0 Å². The summed E-state index contributed by atoms with van der Waals surface area (Å²) in [6.07, 6.45) is -2.26. The number of hydrogen-bond acceptors (Lipinski definition) is 3. The van der Waals surface area contributed by atoms with E-state index >= 15 is 0 Å². The predicted octanol–water partition coefficient (Wildman–Crippen LogP) is 2.13. The average Bonchev–Trinajstić information content (AvgIpc) is 2.45. The van der Waals surface area contributed by atoms with Gasteiger partial charge in [-0.1, -0.05) is 12.1 Å². The lowest BCUT2D eigenvalue weighted by Gasteiger charge is -2.43. The van der Waals surface area contributed by atoms with Crippen LogP contribution in [0, 0.1) is 0 Å². The third kappa shape index (κ3) is 4.01. The fraction of sp³-hybridized carbons (Fsp3) is 0.467. The number of halogens is 3. The largest absolute Gasteiger partial charge is 0.416 e. The Morgan fingerprint density at radius 2 is 1.96 bits per heavy atom. The van der Waals surface area contributed by atoms with Crippen LogP contribution in [0.2, 0.25) is 0 Å². The van der Waals surface area contributed by atoms with E-state index in [0.717, 1.165) is 18.6 Å². The van der Waals surface area contributed by atoms with Gasteiger partial charge in [0.05, 0.1) is 12.1 Å². The SMILES string of the molecule is CNC(=O)NC(=O)CNC1(c2cccc(C(F)(F)F)c2)CCC1. The molecule has 0 unspecified atom stereocenters. The van der Waals surface area contributed by atoms with Crippen LogP contribution in [0.15, 0.2) is 24.3 Å². The van der Waals surface area contributed by atoms with Gasteiger partial charge in [0, 0.05) is 12.6 Å². The number of nitrogens with one attached hydrogen (secondary N) is 3. The molecule has 1 saturated carbocycles. The first kappa shape index (κ1) is 17.3. The number of benzene rings is 1. The molecule has 3 amide bonds. The van der Waals surface area contributed by atoms with Gasteiger partial charge in [-0.2, -0.15) is 13.2 Å². The van der Waals surface area contributed by atoms with E-state index in [4.69, 9.17) is 0 Å². The van der Waals surface area contributed by atoms with E-state index in [1.807, 2.05) is 0 Å². The molecule has 0 radical (unpaired) electrons. The van der Waals surface area contributed by atoms with Crippen molar-refractivity contribution in [1.29, 1.82) is 0 Å². The summed E-state index contributed by atoms with van der Waals surface area (Å²) in [6.45, 7) is -0.149. The molecule has 1 aliphatic carbocycles. The number of hydrogen-bond donors (Lipinski definition) is 3. The lowest BCUT2D eigenvalue weighted by molar-refractivity contribution is -0.137. The Balaban J connectivity index is 2.09. The van der Waals surface area contributed by atoms with Crippen molar-refractivity contribution in [3.8, 4) is 0 Å². The second-order valence-electron chi connectivity index (χ2n) is 5.50. The second kappa shape index (κ2) is 6.57. The highest BCUT2D eigenvalue weighted by Crippen LogP contribution is 2.42. The molecule has 0 aliphatic heterocycles. The molecule has 1 fully saturated rings. The smallest absolute Gasteiger partial charge is 0.341 e. The van der Waals surface area contributed by atoms with Gasteiger partial charge in [0.15, 0.2) is 0 Å². The molecular weight excluding hydrogens is 311 g/mol. The van der Waals surface area contributed by atoms with Crippen LogP contribution in [0.1, 0.15) is 30.4 Å². The van der Waals surface area contributed by atoms with Crippen LogP contribution in [-0.4, -0.2) is 25.5 Å². The van der Waals surface area contributed by atoms with E-state index in [0.29, 0.717) is 18.4 Å². The van der Waals surface area contributed by atoms with Crippen LogP contribution in [0.3, 0.4) is 0 Å². The zero-order valence-electron chi connectivity index (χ0n) is 12.6. The molecule has 0 aromatic heterocycles. The Kier molecular flexibility index (Phi) is 4.93. The molecule has 0 saturated heterocycles. The van der Waals surface area contributed by atoms with Gasteiger partial charge in [0.1, 0.15) is 0 Å². The van der Waals surface area contributed by atoms with Gasteiger partial charge in [-0.3, -0.25) is 15.4 Å². The summed E-state index contributed by atoms with van der Waals surface area (Å²) < 4.78 is 38.5. The fourth-order valence-corrected chi connectivity index (χ4v) is 2.57. The summed E-state index contributed by atoms with van der Waals surface area (Å²) >= 11 is 0. The summed E-state index contributed by atoms with van der Waals surface area (Å²) in [5, 5.41) is 7.36. The van der Waals surface area contributed by atoms with Crippen molar-refractivity contribution < 1.29 is 22.8 Å². The Morgan fingerprint density at radius 3 is 2.48 bits per heavy atom. The standard InChI is InChI=1S/C15H18F3N3O2/c1-19-13(23)21-12(22)9-20-14(6-3-7-14)10-4-2-5-11(8-10)15(16,17)18/h2,4-5,8,20H,3,6-7,9H2,1H3,(H2,19,21,22,23). The summed E-state index contributed by atoms with van der Waals surface area (Å²) in [5.41, 5.74) is -0.856. The highest BCUT2D eigenvalue weighted by molar-refractivity contribution is 5.95. The normalized spacial score (nSPS) is 16.3. The average molecular weight is 329 g/mol. The van der Waals surface area contributed by atoms with Gasteiger partial charge in [0.25, 0.3) is 0 Å². The number of carbonyl (C=O) groups excluding carboxylic acids is 2. The number of amides is 3. The maximum atomic E-state index is 12.8. The molecule has 1 aromatic carbocycles. The van der Waals surface area contributed by atoms with Crippen molar-refractivity contribution >= 4 is 11.9 Å². The monoisotopic (exact) mass is 329 g/mol. The lowest BCUT2D eigenvalue weighted by Crippen LogP contribution is -2.52. The summed E-state index contributed by atoms with van der Waals surface area (Å²) in [6, 6.07) is 4.50. The van der Waals surface area contributed by atoms with Crippen molar-refractivity contribution in [3.05, 3.63) is 35.4 Å². The Hall–Kier alpha value is -2.09. The van der Waals surface area contributed by atoms with E-state index in [2.05, 4.69) is 16.0 Å². The Bertz CT molecular complexity index is 598. The first-order valence-electron chi connectivity index (χ1n) is 7.21. The van der Waals surface area contributed by atoms with Crippen molar-refractivity contribution in [2.24, 2.45) is 0 Å². The Morgan fingerprint density at radius 1 is 1.26 bits per heavy atom. The van der Waals surface area contributed by atoms with Gasteiger partial charge >= 0.3 is 12.2 Å². The zero-order chi connectivity index (χ0) is 17.1. The minimum atomic E-state index is -4.41. The summed E-state index contributed by atoms with van der Waals surface area (Å²) in [4.78, 5) is 22.7. The first-order valence-corrected chi connectivity index (χ1v) is 7.21. The third-order valence-electron chi connectivity index (χ3n) is 4.02. The molecule has 1 aromatic rings. The summed E-state index contributed by atoms with van der Waals surface area (Å²) in [7, 11) is 1.38. The summed E-state index contributed by atoms with van der Waals surface area (Å²) in [5.74, 6) is -0.539. The Labute approximate surface area is 131 Å². The first-order chi connectivity index (χ1) is 10.8. The van der Waals surface area contributed by atoms with E-state index < -0.39 is 29.2 Å². The van der Waals surface area contributed by atoms with E-state index in [-0.39, 0.29) is 6.54 Å². The number of rotatable bonds is 4. The highest BCUT2D eigenvalue weighted by atomic mass is 19.4. The molecule has 23 heavy (non-hydrogen) atoms. The van der Waals surface area contributed by atoms with Crippen LogP contribution in [0.5, 0.6) is 0 Å². The highest BCUT2D eigenvalue weighted by Gasteiger charge is 2.40. The lowest BCUT2D eigenvalue weighted by atomic mass is 9.71. The van der Waals surface area contributed by atoms with Gasteiger partial charge in [-0.15, -0.1) is 0 Å². The van der Waals surface area contributed by atoms with E-state index in [9.17, 15) is 22.8 Å². The molecule has 0 heterocycles. The minimum Gasteiger partial charge on any atom is -0.341 e. The molecule has 5 nitrogen and oxygen atoms in total. The number of urea groups is 1. The number of alkyl halides is 3. The quantitative estimate of drug-likeness (QED) is 0.792. The maximum Gasteiger partial charge on any atom is 0.416 e. The van der Waals surface area contributed by atoms with Crippen LogP contribution >= 0.6 is 0 Å². The maximum absolute atomic E-state index is 12.8. The topological polar surface area (TPSA) is 70.2 Å². The van der Waals surface area contributed by atoms with Gasteiger partial charge in [-0.05, 0) is 37.0 Å². The van der Waals surface area contributed by atoms with Crippen molar-refractivity contribution in [2.75, 3.05) is 13.6 Å². The van der Waals surface area contributed by atoms with E-state index in [1.54, 1.807) is 6.07 Å². The minimum absolute atomic E-state index is 0.149. The molecule has 0 atom stereocenters. The number of carbonyl (C=O) groups is 2. The van der Waals surface area contributed by atoms with E-state index in [1.165, 1.54) is 13.1 Å². The van der Waals surface area contributed by atoms with Crippen LogP contribution in [0.25, 0.3) is 0 Å². The second-order valence-corrected chi connectivity index (χ2v) is 5.50. The zero-order valence-corrected chi connectivity index (χ0v) is 12.6. The molecule has 126 valence electrons. The molecule has 3 N–H and O–H groups in total.